The summed E-state index contributed by atoms with van der Waals surface area (Å²) in [6, 6.07) is 8.58. The molecule has 3 aromatic rings. The van der Waals surface area contributed by atoms with Gasteiger partial charge in [-0.1, -0.05) is 6.92 Å². The van der Waals surface area contributed by atoms with Crippen molar-refractivity contribution in [1.82, 2.24) is 10.3 Å². The number of benzene rings is 1. The van der Waals surface area contributed by atoms with Crippen molar-refractivity contribution in [3.8, 4) is 21.6 Å². The van der Waals surface area contributed by atoms with Crippen molar-refractivity contribution in [1.29, 1.82) is 0 Å². The van der Waals surface area contributed by atoms with Gasteiger partial charge in [0.05, 0.1) is 18.4 Å². The fourth-order valence-electron chi connectivity index (χ4n) is 3.94. The molecule has 11 heteroatoms. The molecular weight excluding hydrogens is 601 g/mol. The van der Waals surface area contributed by atoms with Crippen LogP contribution in [0.4, 0.5) is 5.69 Å². The van der Waals surface area contributed by atoms with Gasteiger partial charge in [0.15, 0.2) is 5.69 Å². The lowest BCUT2D eigenvalue weighted by Gasteiger charge is -2.23. The van der Waals surface area contributed by atoms with Gasteiger partial charge in [0.2, 0.25) is 0 Å². The Morgan fingerprint density at radius 2 is 2.03 bits per heavy atom. The number of pyridine rings is 1. The molecule has 35 heavy (non-hydrogen) atoms. The first-order chi connectivity index (χ1) is 16.9. The van der Waals surface area contributed by atoms with Gasteiger partial charge in [-0.2, -0.15) is 0 Å². The fourth-order valence-corrected chi connectivity index (χ4v) is 6.54. The van der Waals surface area contributed by atoms with E-state index in [-0.39, 0.29) is 22.5 Å². The minimum atomic E-state index is -1.13. The number of carbonyl (C=O) groups excluding carboxylic acids is 2. The summed E-state index contributed by atoms with van der Waals surface area (Å²) >= 11 is 3.79. The number of fused-ring (bicyclic) bond motifs is 3. The zero-order valence-corrected chi connectivity index (χ0v) is 22.8. The van der Waals surface area contributed by atoms with Crippen molar-refractivity contribution in [2.45, 2.75) is 19.8 Å². The highest BCUT2D eigenvalue weighted by molar-refractivity contribution is 14.2. The molecular formula is C24H22IN3O5S2. The average Bonchev–Trinajstić information content (AvgIpc) is 3.29. The summed E-state index contributed by atoms with van der Waals surface area (Å²) in [7, 11) is 2.74. The number of hydrogen-bond acceptors (Lipinski definition) is 8. The number of hydrogen-bond donors (Lipinski definition) is 2. The largest absolute Gasteiger partial charge is 0.478 e. The van der Waals surface area contributed by atoms with E-state index in [1.54, 1.807) is 29.5 Å². The van der Waals surface area contributed by atoms with Crippen molar-refractivity contribution < 1.29 is 24.2 Å². The standard InChI is InChI=1S/C24H22IN3O5S2/c1-3-8-26-22(29)18-5-4-14(20(27-18)24(32)33-2)15-12-19-17(11-16(15)23(30)31)21-13(7-10-34-21)6-9-28(19)35-25/h4-5,7,10-12H,3,6,8-9H2,1-2H3,(H,26,29)(H,30,31). The highest BCUT2D eigenvalue weighted by atomic mass is 127. The van der Waals surface area contributed by atoms with Crippen molar-refractivity contribution in [2.24, 2.45) is 0 Å². The third-order valence-electron chi connectivity index (χ3n) is 5.63. The van der Waals surface area contributed by atoms with Gasteiger partial charge in [0, 0.05) is 65.0 Å². The quantitative estimate of drug-likeness (QED) is 0.203. The maximum absolute atomic E-state index is 12.7. The van der Waals surface area contributed by atoms with Crippen LogP contribution < -0.4 is 9.62 Å². The summed E-state index contributed by atoms with van der Waals surface area (Å²) in [6.45, 7) is 3.14. The van der Waals surface area contributed by atoms with Crippen LogP contribution in [0.1, 0.15) is 50.2 Å². The summed E-state index contributed by atoms with van der Waals surface area (Å²) < 4.78 is 7.04. The normalized spacial score (nSPS) is 12.4. The molecule has 3 heterocycles. The summed E-state index contributed by atoms with van der Waals surface area (Å²) in [6.07, 6.45) is 1.58. The molecule has 0 radical (unpaired) electrons. The zero-order chi connectivity index (χ0) is 25.1. The predicted octanol–water partition coefficient (Wildman–Crippen LogP) is 5.46. The van der Waals surface area contributed by atoms with Gasteiger partial charge in [-0.25, -0.2) is 14.6 Å². The van der Waals surface area contributed by atoms with Gasteiger partial charge in [0.1, 0.15) is 5.69 Å². The number of carboxylic acid groups (broad SMARTS) is 1. The summed E-state index contributed by atoms with van der Waals surface area (Å²) in [4.78, 5) is 42.9. The molecule has 2 aromatic heterocycles. The number of carbonyl (C=O) groups is 3. The molecule has 0 bridgehead atoms. The minimum Gasteiger partial charge on any atom is -0.478 e. The lowest BCUT2D eigenvalue weighted by atomic mass is 9.93. The SMILES string of the molecule is CCCNC(=O)c1ccc(-c2cc3c(cc2C(=O)O)-c2sccc2CCN3SI)c(C(=O)OC)n1. The number of carboxylic acids is 1. The number of nitrogens with zero attached hydrogens (tertiary/aromatic N) is 2. The maximum atomic E-state index is 12.7. The molecule has 1 aliphatic rings. The number of esters is 1. The smallest absolute Gasteiger partial charge is 0.357 e. The molecule has 0 unspecified atom stereocenters. The van der Waals surface area contributed by atoms with Gasteiger partial charge in [-0.3, -0.25) is 4.79 Å². The van der Waals surface area contributed by atoms with Gasteiger partial charge in [-0.15, -0.1) is 11.3 Å². The molecule has 0 saturated heterocycles. The molecule has 0 atom stereocenters. The van der Waals surface area contributed by atoms with Crippen LogP contribution in [0.5, 0.6) is 0 Å². The van der Waals surface area contributed by atoms with Crippen LogP contribution in [0.25, 0.3) is 21.6 Å². The van der Waals surface area contributed by atoms with Gasteiger partial charge in [-0.05, 0) is 54.1 Å². The summed E-state index contributed by atoms with van der Waals surface area (Å²) in [5.74, 6) is -2.29. The Morgan fingerprint density at radius 3 is 2.71 bits per heavy atom. The highest BCUT2D eigenvalue weighted by Gasteiger charge is 2.28. The van der Waals surface area contributed by atoms with Gasteiger partial charge < -0.3 is 19.5 Å². The maximum Gasteiger partial charge on any atom is 0.357 e. The van der Waals surface area contributed by atoms with Crippen LogP contribution in [0, 0.1) is 0 Å². The number of aromatic nitrogens is 1. The van der Waals surface area contributed by atoms with Crippen LogP contribution in [-0.2, 0) is 11.2 Å². The van der Waals surface area contributed by atoms with Crippen LogP contribution in [0.3, 0.4) is 0 Å². The number of ether oxygens (including phenoxy) is 1. The Kier molecular flexibility index (Phi) is 7.97. The first-order valence-electron chi connectivity index (χ1n) is 10.8. The number of methoxy groups -OCH3 is 1. The van der Waals surface area contributed by atoms with E-state index < -0.39 is 17.8 Å². The first kappa shape index (κ1) is 25.5. The van der Waals surface area contributed by atoms with E-state index in [0.717, 1.165) is 35.5 Å². The van der Waals surface area contributed by atoms with E-state index in [1.807, 2.05) is 12.3 Å². The third kappa shape index (κ3) is 5.02. The van der Waals surface area contributed by atoms with Gasteiger partial charge >= 0.3 is 11.9 Å². The molecule has 0 spiro atoms. The Hall–Kier alpha value is -2.64. The van der Waals surface area contributed by atoms with Crippen LogP contribution in [-0.4, -0.2) is 48.1 Å². The fraction of sp³-hybridized carbons (Fsp3) is 0.250. The van der Waals surface area contributed by atoms with Gasteiger partial charge in [0.25, 0.3) is 5.91 Å². The monoisotopic (exact) mass is 623 g/mol. The van der Waals surface area contributed by atoms with Crippen LogP contribution in [0.2, 0.25) is 0 Å². The van der Waals surface area contributed by atoms with E-state index in [1.165, 1.54) is 27.9 Å². The Bertz CT molecular complexity index is 1310. The lowest BCUT2D eigenvalue weighted by molar-refractivity contribution is 0.0593. The lowest BCUT2D eigenvalue weighted by Crippen LogP contribution is -2.26. The van der Waals surface area contributed by atoms with Crippen molar-refractivity contribution in [2.75, 3.05) is 24.5 Å². The number of thiophene rings is 1. The molecule has 1 amide bonds. The van der Waals surface area contributed by atoms with E-state index in [4.69, 9.17) is 4.74 Å². The molecule has 1 aliphatic heterocycles. The second kappa shape index (κ2) is 11.0. The van der Waals surface area contributed by atoms with E-state index >= 15 is 0 Å². The second-order valence-corrected chi connectivity index (χ2v) is 10.4. The molecule has 182 valence electrons. The molecule has 2 N–H and O–H groups in total. The van der Waals surface area contributed by atoms with Crippen molar-refractivity contribution in [3.63, 3.8) is 0 Å². The number of amides is 1. The van der Waals surface area contributed by atoms with E-state index in [0.29, 0.717) is 12.1 Å². The average molecular weight is 623 g/mol. The first-order valence-corrected chi connectivity index (χ1v) is 15.0. The topological polar surface area (TPSA) is 109 Å². The Labute approximate surface area is 222 Å². The summed E-state index contributed by atoms with van der Waals surface area (Å²) in [5.41, 5.74) is 3.47. The number of halogens is 1. The molecule has 4 rings (SSSR count). The molecule has 8 nitrogen and oxygen atoms in total. The molecule has 0 aliphatic carbocycles. The zero-order valence-electron chi connectivity index (χ0n) is 19.0. The van der Waals surface area contributed by atoms with E-state index in [9.17, 15) is 19.5 Å². The molecule has 1 aromatic carbocycles. The van der Waals surface area contributed by atoms with E-state index in [2.05, 4.69) is 41.9 Å². The Morgan fingerprint density at radius 1 is 1.23 bits per heavy atom. The van der Waals surface area contributed by atoms with Crippen LogP contribution in [0.15, 0.2) is 35.7 Å². The number of anilines is 1. The third-order valence-corrected chi connectivity index (χ3v) is 8.59. The van der Waals surface area contributed by atoms with Crippen LogP contribution >= 0.6 is 41.7 Å². The predicted molar refractivity (Wildman–Crippen MR) is 147 cm³/mol. The number of rotatable bonds is 7. The number of aromatic carboxylic acids is 1. The number of nitrogens with one attached hydrogen (secondary N) is 1. The minimum absolute atomic E-state index is 0.0403. The summed E-state index contributed by atoms with van der Waals surface area (Å²) in [5, 5.41) is 14.9. The Balaban J connectivity index is 1.94. The van der Waals surface area contributed by atoms with Crippen molar-refractivity contribution >= 4 is 65.2 Å². The highest BCUT2D eigenvalue weighted by Crippen LogP contribution is 2.46. The molecule has 0 saturated carbocycles. The second-order valence-electron chi connectivity index (χ2n) is 7.76. The molecule has 0 fully saturated rings. The van der Waals surface area contributed by atoms with Crippen molar-refractivity contribution in [3.05, 3.63) is 58.2 Å².